The number of benzene rings is 1. The average Bonchev–Trinajstić information content (AvgIpc) is 2.33. The SMILES string of the molecule is Cl.Fc1ccc(Cl)cc1[C@H](N1CCNCC1)C(F)(F)F. The Morgan fingerprint density at radius 3 is 2.35 bits per heavy atom. The molecule has 1 N–H and O–H groups in total. The molecular formula is C12H14Cl2F4N2. The van der Waals surface area contributed by atoms with Crippen molar-refractivity contribution in [1.82, 2.24) is 10.2 Å². The quantitative estimate of drug-likeness (QED) is 0.835. The summed E-state index contributed by atoms with van der Waals surface area (Å²) in [5, 5.41) is 3.07. The third-order valence-corrected chi connectivity index (χ3v) is 3.31. The van der Waals surface area contributed by atoms with E-state index >= 15 is 0 Å². The molecule has 1 fully saturated rings. The minimum absolute atomic E-state index is 0. The Labute approximate surface area is 125 Å². The van der Waals surface area contributed by atoms with Crippen LogP contribution in [-0.2, 0) is 0 Å². The lowest BCUT2D eigenvalue weighted by atomic mass is 10.0. The van der Waals surface area contributed by atoms with Crippen LogP contribution in [0.1, 0.15) is 11.6 Å². The summed E-state index contributed by atoms with van der Waals surface area (Å²) in [6.07, 6.45) is -4.54. The molecule has 0 bridgehead atoms. The first-order valence-electron chi connectivity index (χ1n) is 5.86. The van der Waals surface area contributed by atoms with Crippen molar-refractivity contribution in [3.05, 3.63) is 34.6 Å². The van der Waals surface area contributed by atoms with Gasteiger partial charge in [-0.15, -0.1) is 12.4 Å². The summed E-state index contributed by atoms with van der Waals surface area (Å²) in [7, 11) is 0. The molecule has 0 radical (unpaired) electrons. The van der Waals surface area contributed by atoms with E-state index in [1.807, 2.05) is 0 Å². The summed E-state index contributed by atoms with van der Waals surface area (Å²) in [6.45, 7) is 1.34. The Morgan fingerprint density at radius 1 is 1.20 bits per heavy atom. The molecule has 1 saturated heterocycles. The van der Waals surface area contributed by atoms with Crippen LogP contribution in [0.15, 0.2) is 18.2 Å². The van der Waals surface area contributed by atoms with Gasteiger partial charge in [-0.3, -0.25) is 4.90 Å². The summed E-state index contributed by atoms with van der Waals surface area (Å²) in [6, 6.07) is 1.31. The van der Waals surface area contributed by atoms with E-state index in [-0.39, 0.29) is 30.5 Å². The molecule has 1 aromatic carbocycles. The molecule has 2 nitrogen and oxygen atoms in total. The number of hydrogen-bond donors (Lipinski definition) is 1. The number of hydrogen-bond acceptors (Lipinski definition) is 2. The largest absolute Gasteiger partial charge is 0.408 e. The molecule has 0 aliphatic carbocycles. The second kappa shape index (κ2) is 6.93. The zero-order chi connectivity index (χ0) is 14.0. The first kappa shape index (κ1) is 17.5. The molecule has 0 amide bonds. The summed E-state index contributed by atoms with van der Waals surface area (Å²) >= 11 is 5.69. The molecule has 20 heavy (non-hydrogen) atoms. The zero-order valence-electron chi connectivity index (χ0n) is 10.4. The predicted octanol–water partition coefficient (Wildman–Crippen LogP) is 3.41. The maximum Gasteiger partial charge on any atom is 0.408 e. The molecule has 1 atom stereocenters. The fraction of sp³-hybridized carbons (Fsp3) is 0.500. The lowest BCUT2D eigenvalue weighted by Gasteiger charge is -2.36. The van der Waals surface area contributed by atoms with Crippen molar-refractivity contribution in [2.45, 2.75) is 12.2 Å². The van der Waals surface area contributed by atoms with Crippen molar-refractivity contribution in [2.75, 3.05) is 26.2 Å². The first-order valence-corrected chi connectivity index (χ1v) is 6.24. The maximum absolute atomic E-state index is 13.7. The van der Waals surface area contributed by atoms with Gasteiger partial charge in [0.25, 0.3) is 0 Å². The van der Waals surface area contributed by atoms with Gasteiger partial charge in [-0.05, 0) is 18.2 Å². The van der Waals surface area contributed by atoms with Crippen molar-refractivity contribution >= 4 is 24.0 Å². The monoisotopic (exact) mass is 332 g/mol. The van der Waals surface area contributed by atoms with Crippen molar-refractivity contribution in [3.8, 4) is 0 Å². The van der Waals surface area contributed by atoms with E-state index in [9.17, 15) is 17.6 Å². The summed E-state index contributed by atoms with van der Waals surface area (Å²) in [5.74, 6) is -0.884. The highest BCUT2D eigenvalue weighted by Gasteiger charge is 2.46. The van der Waals surface area contributed by atoms with Gasteiger partial charge >= 0.3 is 6.18 Å². The van der Waals surface area contributed by atoms with E-state index in [2.05, 4.69) is 5.32 Å². The maximum atomic E-state index is 13.7. The summed E-state index contributed by atoms with van der Waals surface area (Å²) < 4.78 is 53.4. The first-order chi connectivity index (χ1) is 8.89. The second-order valence-electron chi connectivity index (χ2n) is 4.40. The van der Waals surface area contributed by atoms with Gasteiger partial charge in [-0.2, -0.15) is 13.2 Å². The van der Waals surface area contributed by atoms with Gasteiger partial charge in [-0.25, -0.2) is 4.39 Å². The molecule has 0 unspecified atom stereocenters. The van der Waals surface area contributed by atoms with Crippen LogP contribution in [0.5, 0.6) is 0 Å². The molecule has 1 aliphatic heterocycles. The molecule has 1 heterocycles. The minimum Gasteiger partial charge on any atom is -0.314 e. The normalized spacial score (nSPS) is 18.4. The van der Waals surface area contributed by atoms with Gasteiger partial charge in [0.15, 0.2) is 0 Å². The lowest BCUT2D eigenvalue weighted by Crippen LogP contribution is -2.49. The molecule has 0 aromatic heterocycles. The molecular weight excluding hydrogens is 319 g/mol. The van der Waals surface area contributed by atoms with Gasteiger partial charge in [0, 0.05) is 36.8 Å². The van der Waals surface area contributed by atoms with E-state index in [1.165, 1.54) is 11.0 Å². The number of nitrogens with zero attached hydrogens (tertiary/aromatic N) is 1. The number of piperazine rings is 1. The van der Waals surface area contributed by atoms with Crippen LogP contribution in [0.3, 0.4) is 0 Å². The third-order valence-electron chi connectivity index (χ3n) is 3.08. The van der Waals surface area contributed by atoms with Gasteiger partial charge in [0.05, 0.1) is 0 Å². The number of alkyl halides is 3. The number of halogens is 6. The van der Waals surface area contributed by atoms with E-state index in [4.69, 9.17) is 11.6 Å². The molecule has 114 valence electrons. The van der Waals surface area contributed by atoms with Gasteiger partial charge in [0.1, 0.15) is 11.9 Å². The van der Waals surface area contributed by atoms with Gasteiger partial charge < -0.3 is 5.32 Å². The van der Waals surface area contributed by atoms with Crippen LogP contribution in [-0.4, -0.2) is 37.3 Å². The Kier molecular flexibility index (Phi) is 6.06. The van der Waals surface area contributed by atoms with E-state index in [1.54, 1.807) is 0 Å². The standard InChI is InChI=1S/C12H13ClF4N2.ClH/c13-8-1-2-10(14)9(7-8)11(12(15,16)17)19-5-3-18-4-6-19;/h1-2,7,11,18H,3-6H2;1H/t11-;/m0./s1. The van der Waals surface area contributed by atoms with Crippen LogP contribution in [0.4, 0.5) is 17.6 Å². The molecule has 2 rings (SSSR count). The van der Waals surface area contributed by atoms with Crippen LogP contribution in [0.25, 0.3) is 0 Å². The smallest absolute Gasteiger partial charge is 0.314 e. The highest BCUT2D eigenvalue weighted by atomic mass is 35.5. The zero-order valence-corrected chi connectivity index (χ0v) is 12.0. The highest BCUT2D eigenvalue weighted by Crippen LogP contribution is 2.39. The number of rotatable bonds is 2. The van der Waals surface area contributed by atoms with Crippen molar-refractivity contribution in [1.29, 1.82) is 0 Å². The Morgan fingerprint density at radius 2 is 1.80 bits per heavy atom. The fourth-order valence-corrected chi connectivity index (χ4v) is 2.43. The van der Waals surface area contributed by atoms with Crippen molar-refractivity contribution in [2.24, 2.45) is 0 Å². The molecule has 8 heteroatoms. The van der Waals surface area contributed by atoms with Crippen LogP contribution in [0, 0.1) is 5.82 Å². The predicted molar refractivity (Wildman–Crippen MR) is 71.9 cm³/mol. The van der Waals surface area contributed by atoms with E-state index in [0.29, 0.717) is 13.1 Å². The van der Waals surface area contributed by atoms with Crippen molar-refractivity contribution in [3.63, 3.8) is 0 Å². The summed E-state index contributed by atoms with van der Waals surface area (Å²) in [5.41, 5.74) is -0.415. The van der Waals surface area contributed by atoms with Gasteiger partial charge in [0.2, 0.25) is 0 Å². The molecule has 0 saturated carbocycles. The topological polar surface area (TPSA) is 15.3 Å². The average molecular weight is 333 g/mol. The Balaban J connectivity index is 0.00000200. The minimum atomic E-state index is -4.54. The van der Waals surface area contributed by atoms with E-state index < -0.39 is 23.6 Å². The van der Waals surface area contributed by atoms with Gasteiger partial charge in [-0.1, -0.05) is 11.6 Å². The summed E-state index contributed by atoms with van der Waals surface area (Å²) in [4.78, 5) is 1.23. The Bertz CT molecular complexity index is 448. The van der Waals surface area contributed by atoms with Crippen molar-refractivity contribution < 1.29 is 17.6 Å². The van der Waals surface area contributed by atoms with Crippen LogP contribution in [0.2, 0.25) is 5.02 Å². The number of nitrogens with one attached hydrogen (secondary N) is 1. The molecule has 1 aliphatic rings. The van der Waals surface area contributed by atoms with E-state index in [0.717, 1.165) is 12.1 Å². The third kappa shape index (κ3) is 3.97. The second-order valence-corrected chi connectivity index (χ2v) is 4.83. The van der Waals surface area contributed by atoms with Crippen LogP contribution < -0.4 is 5.32 Å². The van der Waals surface area contributed by atoms with Crippen LogP contribution >= 0.6 is 24.0 Å². The molecule has 1 aromatic rings. The highest BCUT2D eigenvalue weighted by molar-refractivity contribution is 6.30. The lowest BCUT2D eigenvalue weighted by molar-refractivity contribution is -0.188. The Hall–Kier alpha value is -0.560. The molecule has 0 spiro atoms. The fourth-order valence-electron chi connectivity index (χ4n) is 2.24.